The Morgan fingerprint density at radius 2 is 1.33 bits per heavy atom. The van der Waals surface area contributed by atoms with Gasteiger partial charge in [-0.2, -0.15) is 0 Å². The highest BCUT2D eigenvalue weighted by Gasteiger charge is 2.07. The van der Waals surface area contributed by atoms with Crippen LogP contribution in [-0.4, -0.2) is 6.29 Å². The number of rotatable bonds is 13. The van der Waals surface area contributed by atoms with Crippen LogP contribution in [-0.2, 0) is 4.79 Å². The number of hydrogen-bond donors (Lipinski definition) is 0. The van der Waals surface area contributed by atoms with Crippen molar-refractivity contribution in [2.24, 2.45) is 11.8 Å². The number of hydrogen-bond acceptors (Lipinski definition) is 1. The maximum absolute atomic E-state index is 10.6. The lowest BCUT2D eigenvalue weighted by molar-refractivity contribution is -0.111. The van der Waals surface area contributed by atoms with Gasteiger partial charge in [-0.15, -0.1) is 0 Å². The second kappa shape index (κ2) is 13.1. The Hall–Kier alpha value is -0.330. The van der Waals surface area contributed by atoms with Crippen LogP contribution < -0.4 is 0 Å². The molecule has 0 fully saturated rings. The minimum Gasteiger partial charge on any atom is -0.303 e. The van der Waals surface area contributed by atoms with Gasteiger partial charge in [-0.3, -0.25) is 0 Å². The van der Waals surface area contributed by atoms with E-state index in [2.05, 4.69) is 13.8 Å². The minimum absolute atomic E-state index is 0.249. The average Bonchev–Trinajstić information content (AvgIpc) is 2.36. The van der Waals surface area contributed by atoms with Crippen LogP contribution in [0, 0.1) is 11.8 Å². The van der Waals surface area contributed by atoms with Gasteiger partial charge in [-0.05, 0) is 12.3 Å². The summed E-state index contributed by atoms with van der Waals surface area (Å²) in [7, 11) is 0. The van der Waals surface area contributed by atoms with E-state index in [1.54, 1.807) is 0 Å². The van der Waals surface area contributed by atoms with Crippen molar-refractivity contribution in [1.29, 1.82) is 0 Å². The van der Waals surface area contributed by atoms with Gasteiger partial charge in [0.25, 0.3) is 0 Å². The molecule has 0 aliphatic heterocycles. The largest absolute Gasteiger partial charge is 0.303 e. The molecule has 0 N–H and O–H groups in total. The molecule has 1 nitrogen and oxygen atoms in total. The van der Waals surface area contributed by atoms with E-state index in [4.69, 9.17) is 0 Å². The van der Waals surface area contributed by atoms with E-state index < -0.39 is 0 Å². The molecular weight excluding hydrogens is 220 g/mol. The molecule has 0 aromatic carbocycles. The van der Waals surface area contributed by atoms with Crippen molar-refractivity contribution in [2.45, 2.75) is 91.4 Å². The molecule has 2 unspecified atom stereocenters. The number of carbonyl (C=O) groups excluding carboxylic acids is 1. The maximum Gasteiger partial charge on any atom is 0.122 e. The lowest BCUT2D eigenvalue weighted by Crippen LogP contribution is -2.04. The van der Waals surface area contributed by atoms with Crippen molar-refractivity contribution < 1.29 is 4.79 Å². The van der Waals surface area contributed by atoms with Crippen molar-refractivity contribution >= 4 is 6.29 Å². The van der Waals surface area contributed by atoms with Crippen molar-refractivity contribution in [3.05, 3.63) is 0 Å². The highest BCUT2D eigenvalue weighted by Crippen LogP contribution is 2.18. The van der Waals surface area contributed by atoms with E-state index in [0.29, 0.717) is 0 Å². The molecule has 0 aliphatic carbocycles. The van der Waals surface area contributed by atoms with Crippen molar-refractivity contribution in [1.82, 2.24) is 0 Å². The first-order valence-corrected chi connectivity index (χ1v) is 8.16. The SMILES string of the molecule is CCCCCCCCCCCC(C)CC(C)C=O. The van der Waals surface area contributed by atoms with Crippen LogP contribution >= 0.6 is 0 Å². The van der Waals surface area contributed by atoms with E-state index in [1.165, 1.54) is 64.2 Å². The summed E-state index contributed by atoms with van der Waals surface area (Å²) in [6.07, 6.45) is 16.1. The fraction of sp³-hybridized carbons (Fsp3) is 0.941. The highest BCUT2D eigenvalue weighted by molar-refractivity contribution is 5.52. The summed E-state index contributed by atoms with van der Waals surface area (Å²) in [6, 6.07) is 0. The van der Waals surface area contributed by atoms with Crippen LogP contribution in [0.4, 0.5) is 0 Å². The average molecular weight is 254 g/mol. The van der Waals surface area contributed by atoms with Gasteiger partial charge in [0.15, 0.2) is 0 Å². The zero-order chi connectivity index (χ0) is 13.6. The minimum atomic E-state index is 0.249. The molecule has 0 rings (SSSR count). The van der Waals surface area contributed by atoms with Crippen LogP contribution in [0.2, 0.25) is 0 Å². The third kappa shape index (κ3) is 12.1. The molecular formula is C17H34O. The van der Waals surface area contributed by atoms with Crippen LogP contribution in [0.3, 0.4) is 0 Å². The van der Waals surface area contributed by atoms with Gasteiger partial charge in [0.05, 0.1) is 0 Å². The number of aldehydes is 1. The smallest absolute Gasteiger partial charge is 0.122 e. The summed E-state index contributed by atoms with van der Waals surface area (Å²) in [5.41, 5.74) is 0. The second-order valence-electron chi connectivity index (χ2n) is 6.07. The molecule has 0 saturated heterocycles. The zero-order valence-corrected chi connectivity index (χ0v) is 12.9. The normalized spacial score (nSPS) is 14.4. The lowest BCUT2D eigenvalue weighted by atomic mass is 9.93. The third-order valence-corrected chi connectivity index (χ3v) is 3.81. The van der Waals surface area contributed by atoms with Crippen LogP contribution in [0.25, 0.3) is 0 Å². The summed E-state index contributed by atoms with van der Waals surface area (Å²) < 4.78 is 0. The van der Waals surface area contributed by atoms with E-state index in [-0.39, 0.29) is 5.92 Å². The predicted octanol–water partition coefficient (Wildman–Crippen LogP) is 5.77. The number of carbonyl (C=O) groups is 1. The Morgan fingerprint density at radius 3 is 1.83 bits per heavy atom. The first-order chi connectivity index (χ1) is 8.70. The summed E-state index contributed by atoms with van der Waals surface area (Å²) in [6.45, 7) is 6.58. The maximum atomic E-state index is 10.6. The molecule has 0 saturated carbocycles. The Bertz CT molecular complexity index is 176. The summed E-state index contributed by atoms with van der Waals surface area (Å²) in [5.74, 6) is 0.966. The standard InChI is InChI=1S/C17H34O/c1-4-5-6-7-8-9-10-11-12-13-16(2)14-17(3)15-18/h15-17H,4-14H2,1-3H3. The molecule has 0 bridgehead atoms. The Labute approximate surface area is 115 Å². The second-order valence-corrected chi connectivity index (χ2v) is 6.07. The summed E-state index contributed by atoms with van der Waals surface area (Å²) >= 11 is 0. The topological polar surface area (TPSA) is 17.1 Å². The third-order valence-electron chi connectivity index (χ3n) is 3.81. The van der Waals surface area contributed by atoms with Gasteiger partial charge < -0.3 is 4.79 Å². The molecule has 0 aliphatic rings. The first-order valence-electron chi connectivity index (χ1n) is 8.16. The van der Waals surface area contributed by atoms with Crippen molar-refractivity contribution in [3.8, 4) is 0 Å². The zero-order valence-electron chi connectivity index (χ0n) is 12.9. The van der Waals surface area contributed by atoms with Gasteiger partial charge in [0, 0.05) is 5.92 Å². The van der Waals surface area contributed by atoms with Gasteiger partial charge in [-0.25, -0.2) is 0 Å². The Morgan fingerprint density at radius 1 is 0.833 bits per heavy atom. The molecule has 0 aromatic rings. The van der Waals surface area contributed by atoms with Crippen LogP contribution in [0.15, 0.2) is 0 Å². The quantitative estimate of drug-likeness (QED) is 0.301. The molecule has 1 heteroatoms. The predicted molar refractivity (Wildman–Crippen MR) is 80.9 cm³/mol. The van der Waals surface area contributed by atoms with Gasteiger partial charge in [0.1, 0.15) is 6.29 Å². The number of unbranched alkanes of at least 4 members (excludes halogenated alkanes) is 8. The fourth-order valence-corrected chi connectivity index (χ4v) is 2.61. The van der Waals surface area contributed by atoms with Crippen molar-refractivity contribution in [3.63, 3.8) is 0 Å². The molecule has 18 heavy (non-hydrogen) atoms. The molecule has 2 atom stereocenters. The molecule has 0 spiro atoms. The van der Waals surface area contributed by atoms with Crippen molar-refractivity contribution in [2.75, 3.05) is 0 Å². The lowest BCUT2D eigenvalue weighted by Gasteiger charge is -2.12. The van der Waals surface area contributed by atoms with E-state index in [0.717, 1.165) is 18.6 Å². The molecule has 0 radical (unpaired) electrons. The van der Waals surface area contributed by atoms with Gasteiger partial charge in [0.2, 0.25) is 0 Å². The molecule has 0 heterocycles. The summed E-state index contributed by atoms with van der Waals surface area (Å²) in [4.78, 5) is 10.6. The Balaban J connectivity index is 3.17. The molecule has 0 aromatic heterocycles. The fourth-order valence-electron chi connectivity index (χ4n) is 2.61. The molecule has 108 valence electrons. The monoisotopic (exact) mass is 254 g/mol. The van der Waals surface area contributed by atoms with Gasteiger partial charge >= 0.3 is 0 Å². The highest BCUT2D eigenvalue weighted by atomic mass is 16.1. The van der Waals surface area contributed by atoms with E-state index >= 15 is 0 Å². The summed E-state index contributed by atoms with van der Waals surface area (Å²) in [5, 5.41) is 0. The van der Waals surface area contributed by atoms with Crippen LogP contribution in [0.5, 0.6) is 0 Å². The van der Waals surface area contributed by atoms with Gasteiger partial charge in [-0.1, -0.05) is 85.0 Å². The van der Waals surface area contributed by atoms with Crippen LogP contribution in [0.1, 0.15) is 91.4 Å². The first kappa shape index (κ1) is 17.7. The van der Waals surface area contributed by atoms with E-state index in [9.17, 15) is 4.79 Å². The Kier molecular flexibility index (Phi) is 12.9. The van der Waals surface area contributed by atoms with E-state index in [1.807, 2.05) is 6.92 Å². The molecule has 0 amide bonds.